The Bertz CT molecular complexity index is 2650. The summed E-state index contributed by atoms with van der Waals surface area (Å²) in [6.45, 7) is 2.01. The number of benzene rings is 6. The SMILES string of the molecule is C/C=C\C=C/C(c1nc(-c2ccccc2)nc(-c2cccc(-c3ccccc3)c2)n1)=[N+]1c2ccccc2-c2cc3c(cc21)oc1ccccc13. The van der Waals surface area contributed by atoms with E-state index in [4.69, 9.17) is 19.4 Å². The molecule has 0 radical (unpaired) electrons. The molecule has 8 aromatic rings. The molecule has 6 aromatic carbocycles. The third-order valence-corrected chi connectivity index (χ3v) is 9.09. The van der Waals surface area contributed by atoms with Gasteiger partial charge in [-0.3, -0.25) is 0 Å². The van der Waals surface area contributed by atoms with Gasteiger partial charge in [0, 0.05) is 34.0 Å². The van der Waals surface area contributed by atoms with E-state index in [9.17, 15) is 0 Å². The third-order valence-electron chi connectivity index (χ3n) is 9.09. The summed E-state index contributed by atoms with van der Waals surface area (Å²) in [5, 5.41) is 2.19. The summed E-state index contributed by atoms with van der Waals surface area (Å²) in [4.78, 5) is 15.5. The van der Waals surface area contributed by atoms with E-state index >= 15 is 0 Å². The average Bonchev–Trinajstić information content (AvgIpc) is 3.71. The van der Waals surface area contributed by atoms with Crippen molar-refractivity contribution in [1.82, 2.24) is 19.5 Å². The fourth-order valence-corrected chi connectivity index (χ4v) is 6.76. The maximum absolute atomic E-state index is 6.40. The van der Waals surface area contributed by atoms with Gasteiger partial charge in [0.2, 0.25) is 17.2 Å². The number of rotatable bonds is 6. The van der Waals surface area contributed by atoms with Crippen LogP contribution in [0.4, 0.5) is 11.4 Å². The molecular weight excluding hydrogens is 613 g/mol. The van der Waals surface area contributed by atoms with E-state index in [1.54, 1.807) is 0 Å². The predicted octanol–water partition coefficient (Wildman–Crippen LogP) is 11.2. The second-order valence-electron chi connectivity index (χ2n) is 12.2. The van der Waals surface area contributed by atoms with E-state index in [1.807, 2.05) is 73.7 Å². The van der Waals surface area contributed by atoms with Crippen LogP contribution in [0, 0.1) is 0 Å². The number of hydrogen-bond acceptors (Lipinski definition) is 4. The molecule has 0 unspecified atom stereocenters. The lowest BCUT2D eigenvalue weighted by Crippen LogP contribution is -2.19. The van der Waals surface area contributed by atoms with Crippen molar-refractivity contribution in [1.29, 1.82) is 0 Å². The lowest BCUT2D eigenvalue weighted by molar-refractivity contribution is 0.669. The topological polar surface area (TPSA) is 54.8 Å². The van der Waals surface area contributed by atoms with Gasteiger partial charge < -0.3 is 4.42 Å². The molecule has 3 heterocycles. The van der Waals surface area contributed by atoms with Crippen molar-refractivity contribution >= 4 is 39.0 Å². The Labute approximate surface area is 289 Å². The summed E-state index contributed by atoms with van der Waals surface area (Å²) in [6, 6.07) is 50.0. The van der Waals surface area contributed by atoms with Gasteiger partial charge in [0.25, 0.3) is 5.71 Å². The summed E-state index contributed by atoms with van der Waals surface area (Å²) in [5.41, 5.74) is 10.9. The molecule has 0 saturated carbocycles. The Balaban J connectivity index is 1.33. The highest BCUT2D eigenvalue weighted by molar-refractivity contribution is 6.16. The summed E-state index contributed by atoms with van der Waals surface area (Å²) in [5.74, 6) is 1.77. The summed E-state index contributed by atoms with van der Waals surface area (Å²) < 4.78 is 8.66. The van der Waals surface area contributed by atoms with E-state index in [0.717, 1.165) is 72.4 Å². The summed E-state index contributed by atoms with van der Waals surface area (Å²) in [7, 11) is 0. The molecule has 0 saturated heterocycles. The van der Waals surface area contributed by atoms with Crippen LogP contribution < -0.4 is 4.58 Å². The van der Waals surface area contributed by atoms with Crippen LogP contribution in [0.5, 0.6) is 0 Å². The largest absolute Gasteiger partial charge is 0.456 e. The Kier molecular flexibility index (Phi) is 7.29. The van der Waals surface area contributed by atoms with E-state index in [-0.39, 0.29) is 0 Å². The molecule has 0 N–H and O–H groups in total. The number of aromatic nitrogens is 3. The van der Waals surface area contributed by atoms with Crippen molar-refractivity contribution in [3.63, 3.8) is 0 Å². The van der Waals surface area contributed by atoms with Gasteiger partial charge in [0.05, 0.1) is 17.2 Å². The molecule has 9 rings (SSSR count). The van der Waals surface area contributed by atoms with Gasteiger partial charge in [-0.05, 0) is 42.3 Å². The molecule has 1 aliphatic rings. The highest BCUT2D eigenvalue weighted by Crippen LogP contribution is 2.48. The highest BCUT2D eigenvalue weighted by Gasteiger charge is 2.36. The van der Waals surface area contributed by atoms with Gasteiger partial charge in [0.1, 0.15) is 11.2 Å². The molecule has 2 aromatic heterocycles. The Morgan fingerprint density at radius 2 is 1.20 bits per heavy atom. The molecule has 0 aliphatic carbocycles. The first-order chi connectivity index (χ1) is 24.7. The average molecular weight is 644 g/mol. The molecule has 1 aliphatic heterocycles. The van der Waals surface area contributed by atoms with Crippen LogP contribution in [0.1, 0.15) is 12.7 Å². The fraction of sp³-hybridized carbons (Fsp3) is 0.0222. The van der Waals surface area contributed by atoms with Crippen molar-refractivity contribution in [2.45, 2.75) is 6.92 Å². The minimum absolute atomic E-state index is 0.562. The van der Waals surface area contributed by atoms with Gasteiger partial charge in [-0.15, -0.1) is 4.58 Å². The lowest BCUT2D eigenvalue weighted by atomic mass is 10.0. The van der Waals surface area contributed by atoms with Gasteiger partial charge in [-0.2, -0.15) is 0 Å². The molecule has 0 bridgehead atoms. The third kappa shape index (κ3) is 5.13. The van der Waals surface area contributed by atoms with E-state index < -0.39 is 0 Å². The molecule has 0 amide bonds. The van der Waals surface area contributed by atoms with Crippen molar-refractivity contribution in [2.75, 3.05) is 0 Å². The first kappa shape index (κ1) is 29.4. The van der Waals surface area contributed by atoms with Crippen LogP contribution >= 0.6 is 0 Å². The highest BCUT2D eigenvalue weighted by atomic mass is 16.3. The van der Waals surface area contributed by atoms with Crippen molar-refractivity contribution in [2.24, 2.45) is 0 Å². The van der Waals surface area contributed by atoms with Crippen LogP contribution in [-0.4, -0.2) is 20.7 Å². The molecule has 236 valence electrons. The Morgan fingerprint density at radius 3 is 2.02 bits per heavy atom. The Hall–Kier alpha value is -6.72. The van der Waals surface area contributed by atoms with Crippen LogP contribution in [0.25, 0.3) is 67.0 Å². The molecule has 50 heavy (non-hydrogen) atoms. The van der Waals surface area contributed by atoms with E-state index in [0.29, 0.717) is 17.5 Å². The van der Waals surface area contributed by atoms with Crippen LogP contribution in [0.15, 0.2) is 174 Å². The lowest BCUT2D eigenvalue weighted by Gasteiger charge is -2.10. The van der Waals surface area contributed by atoms with Crippen molar-refractivity contribution < 1.29 is 4.42 Å². The van der Waals surface area contributed by atoms with E-state index in [1.165, 1.54) is 0 Å². The molecule has 0 fully saturated rings. The zero-order valence-electron chi connectivity index (χ0n) is 27.4. The minimum Gasteiger partial charge on any atom is -0.456 e. The minimum atomic E-state index is 0.562. The van der Waals surface area contributed by atoms with Crippen molar-refractivity contribution in [3.8, 4) is 45.0 Å². The standard InChI is InChI=1S/C45H31N4O/c1-2-3-6-25-39(49-38-24-13-11-22-34(38)36-28-37-35-23-12-14-26-41(35)50-42(37)29-40(36)49)45-47-43(31-18-9-5-10-19-31)46-44(48-45)33-21-15-20-32(27-33)30-16-7-4-8-17-30/h2-29H,1H3/q+1/b3-2-,25-6-,49-39?. The first-order valence-electron chi connectivity index (χ1n) is 16.7. The van der Waals surface area contributed by atoms with Crippen molar-refractivity contribution in [3.05, 3.63) is 176 Å². The summed E-state index contributed by atoms with van der Waals surface area (Å²) >= 11 is 0. The second-order valence-corrected chi connectivity index (χ2v) is 12.2. The number of furan rings is 1. The van der Waals surface area contributed by atoms with Gasteiger partial charge in [-0.1, -0.05) is 127 Å². The fourth-order valence-electron chi connectivity index (χ4n) is 6.76. The number of nitrogens with zero attached hydrogens (tertiary/aromatic N) is 4. The molecule has 0 atom stereocenters. The van der Waals surface area contributed by atoms with Gasteiger partial charge >= 0.3 is 0 Å². The van der Waals surface area contributed by atoms with Crippen LogP contribution in [0.2, 0.25) is 0 Å². The second kappa shape index (κ2) is 12.4. The first-order valence-corrected chi connectivity index (χ1v) is 16.7. The van der Waals surface area contributed by atoms with Crippen LogP contribution in [0.3, 0.4) is 0 Å². The van der Waals surface area contributed by atoms with E-state index in [2.05, 4.69) is 108 Å². The maximum Gasteiger partial charge on any atom is 0.256 e. The Morgan fingerprint density at radius 1 is 0.520 bits per heavy atom. The number of hydrogen-bond donors (Lipinski definition) is 0. The zero-order chi connectivity index (χ0) is 33.4. The van der Waals surface area contributed by atoms with Gasteiger partial charge in [0.15, 0.2) is 11.6 Å². The predicted molar refractivity (Wildman–Crippen MR) is 205 cm³/mol. The molecule has 5 nitrogen and oxygen atoms in total. The van der Waals surface area contributed by atoms with Gasteiger partial charge in [-0.25, -0.2) is 15.0 Å². The normalized spacial score (nSPS) is 13.4. The zero-order valence-corrected chi connectivity index (χ0v) is 27.4. The molecule has 0 spiro atoms. The number of fused-ring (bicyclic) bond motifs is 6. The maximum atomic E-state index is 6.40. The smallest absolute Gasteiger partial charge is 0.256 e. The number of allylic oxidation sites excluding steroid dienone is 4. The summed E-state index contributed by atoms with van der Waals surface area (Å²) in [6.07, 6.45) is 8.16. The monoisotopic (exact) mass is 643 g/mol. The molecule has 5 heteroatoms. The number of para-hydroxylation sites is 2. The quantitative estimate of drug-likeness (QED) is 0.134. The van der Waals surface area contributed by atoms with Crippen LogP contribution in [-0.2, 0) is 0 Å². The molecular formula is C45H31N4O+.